The van der Waals surface area contributed by atoms with Gasteiger partial charge in [0.2, 0.25) is 0 Å². The molecule has 2 aliphatic rings. The molecule has 1 saturated carbocycles. The standard InChI is InChI=1S/C21H29N3OS.C2H6/c25-20(17-9-3-1-4-10-17)15-24-19-12-6-5-11-18(19)21(22-24)26-16-23-13-7-2-8-14-23;1-2/h5-6,11-12,17H,1-4,7-10,13-16H2;1-2H3. The number of nitrogens with zero attached hydrogens (tertiary/aromatic N) is 3. The lowest BCUT2D eigenvalue weighted by Crippen LogP contribution is -2.29. The van der Waals surface area contributed by atoms with Crippen molar-refractivity contribution in [3.8, 4) is 0 Å². The number of Topliss-reactive ketones (excluding diaryl/α,β-unsaturated/α-hetero) is 1. The summed E-state index contributed by atoms with van der Waals surface area (Å²) in [5.74, 6) is 1.61. The summed E-state index contributed by atoms with van der Waals surface area (Å²) in [5, 5.41) is 7.10. The Morgan fingerprint density at radius 2 is 1.71 bits per heavy atom. The number of carbonyl (C=O) groups is 1. The van der Waals surface area contributed by atoms with Crippen LogP contribution in [-0.4, -0.2) is 39.4 Å². The third kappa shape index (κ3) is 5.38. The summed E-state index contributed by atoms with van der Waals surface area (Å²) in [4.78, 5) is 15.3. The smallest absolute Gasteiger partial charge is 0.157 e. The first-order valence-electron chi connectivity index (χ1n) is 11.1. The van der Waals surface area contributed by atoms with Gasteiger partial charge < -0.3 is 0 Å². The first-order chi connectivity index (χ1) is 13.8. The molecule has 0 spiro atoms. The van der Waals surface area contributed by atoms with Crippen LogP contribution in [0.4, 0.5) is 0 Å². The van der Waals surface area contributed by atoms with E-state index in [1.54, 1.807) is 0 Å². The van der Waals surface area contributed by atoms with Crippen molar-refractivity contribution < 1.29 is 4.79 Å². The fourth-order valence-corrected chi connectivity index (χ4v) is 5.31. The number of para-hydroxylation sites is 1. The fourth-order valence-electron chi connectivity index (χ4n) is 4.27. The molecule has 28 heavy (non-hydrogen) atoms. The number of likely N-dealkylation sites (tertiary alicyclic amines) is 1. The number of piperidine rings is 1. The van der Waals surface area contributed by atoms with Crippen molar-refractivity contribution in [1.29, 1.82) is 0 Å². The highest BCUT2D eigenvalue weighted by atomic mass is 32.2. The predicted octanol–water partition coefficient (Wildman–Crippen LogP) is 5.75. The van der Waals surface area contributed by atoms with E-state index in [1.807, 2.05) is 36.4 Å². The summed E-state index contributed by atoms with van der Waals surface area (Å²) < 4.78 is 1.95. The van der Waals surface area contributed by atoms with Crippen molar-refractivity contribution in [2.24, 2.45) is 5.92 Å². The molecule has 1 aromatic heterocycles. The quantitative estimate of drug-likeness (QED) is 0.578. The van der Waals surface area contributed by atoms with Gasteiger partial charge in [0, 0.05) is 11.3 Å². The highest BCUT2D eigenvalue weighted by Gasteiger charge is 2.23. The highest BCUT2D eigenvalue weighted by molar-refractivity contribution is 7.99. The van der Waals surface area contributed by atoms with Crippen LogP contribution >= 0.6 is 11.8 Å². The zero-order valence-electron chi connectivity index (χ0n) is 17.5. The molecule has 154 valence electrons. The number of ketones is 1. The van der Waals surface area contributed by atoms with Crippen LogP contribution in [0.3, 0.4) is 0 Å². The van der Waals surface area contributed by atoms with E-state index in [4.69, 9.17) is 5.10 Å². The molecule has 1 aliphatic heterocycles. The van der Waals surface area contributed by atoms with Crippen molar-refractivity contribution in [2.75, 3.05) is 19.0 Å². The number of aromatic nitrogens is 2. The first kappa shape index (κ1) is 21.4. The highest BCUT2D eigenvalue weighted by Crippen LogP contribution is 2.30. The number of rotatable bonds is 6. The van der Waals surface area contributed by atoms with Crippen LogP contribution in [0.5, 0.6) is 0 Å². The van der Waals surface area contributed by atoms with Crippen molar-refractivity contribution in [3.05, 3.63) is 24.3 Å². The van der Waals surface area contributed by atoms with E-state index in [2.05, 4.69) is 23.1 Å². The predicted molar refractivity (Wildman–Crippen MR) is 119 cm³/mol. The molecule has 0 atom stereocenters. The van der Waals surface area contributed by atoms with Crippen molar-refractivity contribution in [1.82, 2.24) is 14.7 Å². The second kappa shape index (κ2) is 11.0. The van der Waals surface area contributed by atoms with Gasteiger partial charge in [-0.1, -0.05) is 69.5 Å². The second-order valence-corrected chi connectivity index (χ2v) is 8.67. The third-order valence-corrected chi connectivity index (χ3v) is 6.89. The molecule has 5 heteroatoms. The van der Waals surface area contributed by atoms with E-state index >= 15 is 0 Å². The summed E-state index contributed by atoms with van der Waals surface area (Å²) in [7, 11) is 0. The van der Waals surface area contributed by atoms with Gasteiger partial charge in [0.05, 0.1) is 11.4 Å². The lowest BCUT2D eigenvalue weighted by atomic mass is 9.86. The maximum atomic E-state index is 12.7. The molecule has 0 N–H and O–H groups in total. The van der Waals surface area contributed by atoms with Gasteiger partial charge in [0.15, 0.2) is 5.78 Å². The van der Waals surface area contributed by atoms with E-state index in [-0.39, 0.29) is 5.92 Å². The molecular weight excluding hydrogens is 366 g/mol. The van der Waals surface area contributed by atoms with Crippen LogP contribution in [0.25, 0.3) is 10.9 Å². The Bertz CT molecular complexity index is 745. The summed E-state index contributed by atoms with van der Waals surface area (Å²) >= 11 is 1.82. The molecule has 0 unspecified atom stereocenters. The summed E-state index contributed by atoms with van der Waals surface area (Å²) in [6, 6.07) is 8.36. The SMILES string of the molecule is CC.O=C(Cn1nc(SCN2CCCCC2)c2ccccc21)C1CCCCC1. The van der Waals surface area contributed by atoms with Gasteiger partial charge >= 0.3 is 0 Å². The molecule has 2 heterocycles. The molecule has 2 fully saturated rings. The molecule has 2 aromatic rings. The van der Waals surface area contributed by atoms with Crippen LogP contribution in [0.15, 0.2) is 29.3 Å². The normalized spacial score (nSPS) is 18.6. The van der Waals surface area contributed by atoms with Gasteiger partial charge in [-0.15, -0.1) is 0 Å². The minimum Gasteiger partial charge on any atom is -0.297 e. The molecule has 4 nitrogen and oxygen atoms in total. The number of thioether (sulfide) groups is 1. The largest absolute Gasteiger partial charge is 0.297 e. The zero-order chi connectivity index (χ0) is 19.8. The monoisotopic (exact) mass is 401 g/mol. The van der Waals surface area contributed by atoms with Crippen LogP contribution in [0, 0.1) is 5.92 Å². The van der Waals surface area contributed by atoms with Crippen LogP contribution in [0.1, 0.15) is 65.2 Å². The third-order valence-electron chi connectivity index (χ3n) is 5.82. The van der Waals surface area contributed by atoms with Gasteiger partial charge in [-0.2, -0.15) is 5.10 Å². The van der Waals surface area contributed by atoms with E-state index in [1.165, 1.54) is 57.0 Å². The number of carbonyl (C=O) groups excluding carboxylic acids is 1. The average molecular weight is 402 g/mol. The molecule has 0 amide bonds. The number of hydrogen-bond acceptors (Lipinski definition) is 4. The number of fused-ring (bicyclic) bond motifs is 1. The average Bonchev–Trinajstić information content (AvgIpc) is 3.12. The molecular formula is C23H35N3OS. The van der Waals surface area contributed by atoms with Crippen LogP contribution in [0.2, 0.25) is 0 Å². The Morgan fingerprint density at radius 1 is 1.04 bits per heavy atom. The van der Waals surface area contributed by atoms with Gasteiger partial charge in [-0.05, 0) is 44.8 Å². The Morgan fingerprint density at radius 3 is 2.46 bits per heavy atom. The van der Waals surface area contributed by atoms with Crippen molar-refractivity contribution >= 4 is 28.4 Å². The Kier molecular flexibility index (Phi) is 8.41. The Labute approximate surface area is 174 Å². The number of hydrogen-bond donors (Lipinski definition) is 0. The summed E-state index contributed by atoms with van der Waals surface area (Å²) in [6.45, 7) is 6.83. The molecule has 4 rings (SSSR count). The zero-order valence-corrected chi connectivity index (χ0v) is 18.3. The van der Waals surface area contributed by atoms with Gasteiger partial charge in [0.25, 0.3) is 0 Å². The second-order valence-electron chi connectivity index (χ2n) is 7.73. The van der Waals surface area contributed by atoms with E-state index in [9.17, 15) is 4.79 Å². The van der Waals surface area contributed by atoms with Crippen molar-refractivity contribution in [2.45, 2.75) is 76.8 Å². The maximum Gasteiger partial charge on any atom is 0.157 e. The van der Waals surface area contributed by atoms with Crippen molar-refractivity contribution in [3.63, 3.8) is 0 Å². The number of benzene rings is 1. The first-order valence-corrected chi connectivity index (χ1v) is 12.1. The van der Waals surface area contributed by atoms with Gasteiger partial charge in [-0.25, -0.2) is 0 Å². The van der Waals surface area contributed by atoms with E-state index in [0.717, 1.165) is 29.3 Å². The maximum absolute atomic E-state index is 12.7. The Balaban J connectivity index is 0.00000109. The topological polar surface area (TPSA) is 38.1 Å². The molecule has 1 aromatic carbocycles. The van der Waals surface area contributed by atoms with Crippen LogP contribution < -0.4 is 0 Å². The van der Waals surface area contributed by atoms with Gasteiger partial charge in [-0.3, -0.25) is 14.4 Å². The summed E-state index contributed by atoms with van der Waals surface area (Å²) in [6.07, 6.45) is 9.80. The molecule has 1 saturated heterocycles. The molecule has 1 aliphatic carbocycles. The fraction of sp³-hybridized carbons (Fsp3) is 0.652. The molecule has 0 radical (unpaired) electrons. The van der Waals surface area contributed by atoms with Gasteiger partial charge in [0.1, 0.15) is 11.6 Å². The minimum absolute atomic E-state index is 0.246. The van der Waals surface area contributed by atoms with E-state index < -0.39 is 0 Å². The van der Waals surface area contributed by atoms with E-state index in [0.29, 0.717) is 12.3 Å². The lowest BCUT2D eigenvalue weighted by Gasteiger charge is -2.25. The van der Waals surface area contributed by atoms with Crippen LogP contribution in [-0.2, 0) is 11.3 Å². The Hall–Kier alpha value is -1.33. The molecule has 0 bridgehead atoms. The lowest BCUT2D eigenvalue weighted by molar-refractivity contribution is -0.124. The summed E-state index contributed by atoms with van der Waals surface area (Å²) in [5.41, 5.74) is 1.10. The minimum atomic E-state index is 0.246.